The highest BCUT2D eigenvalue weighted by Gasteiger charge is 2.49. The number of carboxylic acids is 1. The minimum Gasteiger partial charge on any atom is -0.480 e. The van der Waals surface area contributed by atoms with Crippen molar-refractivity contribution in [1.29, 1.82) is 0 Å². The molecular weight excluding hydrogens is 502 g/mol. The molecule has 1 aliphatic carbocycles. The number of carboxylic acid groups (broad SMARTS) is 1. The summed E-state index contributed by atoms with van der Waals surface area (Å²) in [6.45, 7) is 0.159. The van der Waals surface area contributed by atoms with Crippen LogP contribution in [0.15, 0.2) is 67.1 Å². The van der Waals surface area contributed by atoms with Crippen LogP contribution in [-0.4, -0.2) is 44.9 Å². The maximum atomic E-state index is 12.6. The summed E-state index contributed by atoms with van der Waals surface area (Å²) in [6.07, 6.45) is 6.01. The lowest BCUT2D eigenvalue weighted by atomic mass is 9.76. The van der Waals surface area contributed by atoms with Crippen molar-refractivity contribution >= 4 is 27.7 Å². The number of carbonyl (C=O) groups is 1. The molecule has 3 aromatic rings. The van der Waals surface area contributed by atoms with Crippen molar-refractivity contribution in [2.24, 2.45) is 0 Å². The van der Waals surface area contributed by atoms with Crippen LogP contribution in [0.5, 0.6) is 0 Å². The molecule has 10 heteroatoms. The van der Waals surface area contributed by atoms with E-state index < -0.39 is 32.9 Å². The molecule has 1 fully saturated rings. The zero-order chi connectivity index (χ0) is 25.8. The van der Waals surface area contributed by atoms with Gasteiger partial charge in [-0.25, -0.2) is 4.98 Å². The number of hydrogen-bond acceptors (Lipinski definition) is 5. The van der Waals surface area contributed by atoms with Gasteiger partial charge in [0.25, 0.3) is 10.1 Å². The van der Waals surface area contributed by atoms with Crippen molar-refractivity contribution in [2.45, 2.75) is 61.9 Å². The van der Waals surface area contributed by atoms with Crippen LogP contribution in [0.2, 0.25) is 5.02 Å². The third-order valence-corrected chi connectivity index (χ3v) is 8.81. The largest absolute Gasteiger partial charge is 0.480 e. The van der Waals surface area contributed by atoms with E-state index in [-0.39, 0.29) is 13.0 Å². The second kappa shape index (κ2) is 11.1. The van der Waals surface area contributed by atoms with E-state index in [9.17, 15) is 22.9 Å². The van der Waals surface area contributed by atoms with Gasteiger partial charge in [0.2, 0.25) is 0 Å². The summed E-state index contributed by atoms with van der Waals surface area (Å²) in [5, 5.41) is 12.4. The second-order valence-corrected chi connectivity index (χ2v) is 11.3. The van der Waals surface area contributed by atoms with Gasteiger partial charge in [-0.1, -0.05) is 73.0 Å². The summed E-state index contributed by atoms with van der Waals surface area (Å²) in [6, 6.07) is 15.8. The maximum absolute atomic E-state index is 12.6. The third-order valence-electron chi connectivity index (χ3n) is 7.04. The predicted molar refractivity (Wildman–Crippen MR) is 138 cm³/mol. The standard InChI is InChI=1S/C26H30ClN3O5S/c27-22-11-5-4-10-20(22)15-26(13-7-6-12-24(26)36(33,34)35)30-18-28-16-21(30)17-29-23(25(31)32)14-19-8-2-1-3-9-19/h1-5,8-11,16,18,23-24,29H,6-7,12-15,17H2,(H,31,32)(H,33,34,35)/t23-,24?,26?/m0/s1. The van der Waals surface area contributed by atoms with Crippen LogP contribution in [0.4, 0.5) is 0 Å². The van der Waals surface area contributed by atoms with Gasteiger partial charge in [0, 0.05) is 17.8 Å². The Hall–Kier alpha value is -2.72. The normalized spacial score (nSPS) is 21.2. The summed E-state index contributed by atoms with van der Waals surface area (Å²) >= 11 is 6.47. The highest BCUT2D eigenvalue weighted by Crippen LogP contribution is 2.43. The molecule has 3 atom stereocenters. The smallest absolute Gasteiger partial charge is 0.321 e. The first-order chi connectivity index (χ1) is 17.2. The lowest BCUT2D eigenvalue weighted by molar-refractivity contribution is -0.139. The highest BCUT2D eigenvalue weighted by molar-refractivity contribution is 7.86. The Morgan fingerprint density at radius 3 is 2.58 bits per heavy atom. The monoisotopic (exact) mass is 531 g/mol. The van der Waals surface area contributed by atoms with Crippen LogP contribution >= 0.6 is 11.6 Å². The van der Waals surface area contributed by atoms with Crippen molar-refractivity contribution < 1.29 is 22.9 Å². The Balaban J connectivity index is 1.68. The zero-order valence-corrected chi connectivity index (χ0v) is 21.3. The van der Waals surface area contributed by atoms with Gasteiger partial charge in [-0.15, -0.1) is 0 Å². The molecule has 2 unspecified atom stereocenters. The molecule has 0 aliphatic heterocycles. The summed E-state index contributed by atoms with van der Waals surface area (Å²) in [5.74, 6) is -0.982. The number of aromatic nitrogens is 2. The Morgan fingerprint density at radius 1 is 1.17 bits per heavy atom. The molecule has 36 heavy (non-hydrogen) atoms. The van der Waals surface area contributed by atoms with Gasteiger partial charge in [0.15, 0.2) is 0 Å². The fourth-order valence-corrected chi connectivity index (χ4v) is 6.87. The van der Waals surface area contributed by atoms with Gasteiger partial charge >= 0.3 is 5.97 Å². The molecule has 4 rings (SSSR count). The van der Waals surface area contributed by atoms with Crippen molar-refractivity contribution in [3.8, 4) is 0 Å². The van der Waals surface area contributed by atoms with Crippen LogP contribution in [0.1, 0.15) is 42.5 Å². The molecule has 2 aromatic carbocycles. The number of aliphatic carboxylic acids is 1. The average molecular weight is 532 g/mol. The van der Waals surface area contributed by atoms with E-state index in [0.717, 1.165) is 17.5 Å². The van der Waals surface area contributed by atoms with Crippen LogP contribution in [0.25, 0.3) is 0 Å². The highest BCUT2D eigenvalue weighted by atomic mass is 35.5. The van der Waals surface area contributed by atoms with E-state index in [0.29, 0.717) is 36.4 Å². The first-order valence-electron chi connectivity index (χ1n) is 11.9. The molecule has 1 aliphatic rings. The maximum Gasteiger partial charge on any atom is 0.321 e. The summed E-state index contributed by atoms with van der Waals surface area (Å²) < 4.78 is 37.4. The minimum atomic E-state index is -4.40. The molecule has 1 saturated carbocycles. The summed E-state index contributed by atoms with van der Waals surface area (Å²) in [5.41, 5.74) is 1.27. The number of rotatable bonds is 10. The predicted octanol–water partition coefficient (Wildman–Crippen LogP) is 4.09. The van der Waals surface area contributed by atoms with Crippen molar-refractivity contribution in [3.63, 3.8) is 0 Å². The van der Waals surface area contributed by atoms with Crippen molar-refractivity contribution in [2.75, 3.05) is 0 Å². The molecule has 3 N–H and O–H groups in total. The molecule has 0 radical (unpaired) electrons. The first kappa shape index (κ1) is 26.3. The Labute approximate surface area is 216 Å². The Morgan fingerprint density at radius 2 is 1.89 bits per heavy atom. The molecular formula is C26H30ClN3O5S. The summed E-state index contributed by atoms with van der Waals surface area (Å²) in [7, 11) is -4.40. The molecule has 1 heterocycles. The van der Waals surface area contributed by atoms with Gasteiger partial charge < -0.3 is 9.67 Å². The third kappa shape index (κ3) is 5.81. The lowest BCUT2D eigenvalue weighted by Crippen LogP contribution is -2.53. The number of imidazole rings is 1. The van der Waals surface area contributed by atoms with Crippen LogP contribution < -0.4 is 5.32 Å². The van der Waals surface area contributed by atoms with E-state index >= 15 is 0 Å². The number of hydrogen-bond donors (Lipinski definition) is 3. The van der Waals surface area contributed by atoms with Gasteiger partial charge in [-0.2, -0.15) is 8.42 Å². The van der Waals surface area contributed by atoms with Gasteiger partial charge in [-0.3, -0.25) is 14.7 Å². The SMILES string of the molecule is O=C(O)[C@H](Cc1ccccc1)NCc1cncn1C1(Cc2ccccc2Cl)CCCCC1S(=O)(=O)O. The number of nitrogens with one attached hydrogen (secondary N) is 1. The minimum absolute atomic E-state index is 0.159. The fourth-order valence-electron chi connectivity index (χ4n) is 5.33. The van der Waals surface area contributed by atoms with Crippen LogP contribution in [-0.2, 0) is 39.8 Å². The lowest BCUT2D eigenvalue weighted by Gasteiger charge is -2.45. The van der Waals surface area contributed by atoms with Gasteiger partial charge in [0.05, 0.1) is 17.6 Å². The molecule has 8 nitrogen and oxygen atoms in total. The quantitative estimate of drug-likeness (QED) is 0.337. The number of halogens is 1. The molecule has 0 spiro atoms. The average Bonchev–Trinajstić information content (AvgIpc) is 3.33. The van der Waals surface area contributed by atoms with E-state index in [1.54, 1.807) is 18.6 Å². The second-order valence-electron chi connectivity index (χ2n) is 9.34. The Kier molecular flexibility index (Phi) is 8.14. The topological polar surface area (TPSA) is 122 Å². The van der Waals surface area contributed by atoms with Gasteiger partial charge in [0.1, 0.15) is 11.3 Å². The molecule has 0 amide bonds. The zero-order valence-electron chi connectivity index (χ0n) is 19.8. The van der Waals surface area contributed by atoms with Crippen LogP contribution in [0.3, 0.4) is 0 Å². The molecule has 1 aromatic heterocycles. The number of nitrogens with zero attached hydrogens (tertiary/aromatic N) is 2. The van der Waals surface area contributed by atoms with Crippen molar-refractivity contribution in [1.82, 2.24) is 14.9 Å². The fraction of sp³-hybridized carbons (Fsp3) is 0.385. The number of benzene rings is 2. The molecule has 0 saturated heterocycles. The van der Waals surface area contributed by atoms with Crippen molar-refractivity contribution in [3.05, 3.63) is 89.0 Å². The molecule has 192 valence electrons. The molecule has 0 bridgehead atoms. The first-order valence-corrected chi connectivity index (χ1v) is 13.8. The van der Waals surface area contributed by atoms with Gasteiger partial charge in [-0.05, 0) is 42.9 Å². The Bertz CT molecular complexity index is 1300. The van der Waals surface area contributed by atoms with E-state index in [1.807, 2.05) is 53.1 Å². The van der Waals surface area contributed by atoms with Crippen LogP contribution in [0, 0.1) is 0 Å². The van der Waals surface area contributed by atoms with E-state index in [2.05, 4.69) is 10.3 Å². The summed E-state index contributed by atoms with van der Waals surface area (Å²) in [4.78, 5) is 16.3. The van der Waals surface area contributed by atoms with E-state index in [4.69, 9.17) is 11.6 Å². The van der Waals surface area contributed by atoms with E-state index in [1.165, 1.54) is 0 Å².